The van der Waals surface area contributed by atoms with Gasteiger partial charge in [-0.25, -0.2) is 4.39 Å². The van der Waals surface area contributed by atoms with E-state index < -0.39 is 0 Å². The Hall–Kier alpha value is -2.77. The summed E-state index contributed by atoms with van der Waals surface area (Å²) in [5.41, 5.74) is 2.91. The first-order chi connectivity index (χ1) is 14.9. The van der Waals surface area contributed by atoms with Crippen molar-refractivity contribution in [1.82, 2.24) is 15.1 Å². The van der Waals surface area contributed by atoms with E-state index >= 15 is 0 Å². The van der Waals surface area contributed by atoms with Crippen LogP contribution in [0.5, 0.6) is 0 Å². The van der Waals surface area contributed by atoms with Crippen molar-refractivity contribution in [3.8, 4) is 0 Å². The molecule has 0 saturated carbocycles. The topological polar surface area (TPSA) is 64.7 Å². The van der Waals surface area contributed by atoms with Crippen molar-refractivity contribution in [1.29, 1.82) is 0 Å². The molecule has 2 aromatic carbocycles. The third kappa shape index (κ3) is 7.15. The minimum atomic E-state index is -0.331. The molecular formula is C24H31FN4O2. The fraction of sp³-hybridized carbons (Fsp3) is 0.417. The summed E-state index contributed by atoms with van der Waals surface area (Å²) in [6.45, 7) is 7.67. The molecule has 1 saturated heterocycles. The number of hydrogen-bond acceptors (Lipinski definition) is 4. The van der Waals surface area contributed by atoms with Crippen LogP contribution in [0.25, 0.3) is 0 Å². The minimum absolute atomic E-state index is 0.0181. The van der Waals surface area contributed by atoms with E-state index in [1.807, 2.05) is 0 Å². The van der Waals surface area contributed by atoms with Crippen LogP contribution in [0.3, 0.4) is 0 Å². The summed E-state index contributed by atoms with van der Waals surface area (Å²) >= 11 is 0. The van der Waals surface area contributed by atoms with Gasteiger partial charge in [-0.3, -0.25) is 19.4 Å². The zero-order valence-electron chi connectivity index (χ0n) is 18.2. The van der Waals surface area contributed by atoms with E-state index in [-0.39, 0.29) is 30.2 Å². The zero-order chi connectivity index (χ0) is 22.2. The van der Waals surface area contributed by atoms with Crippen molar-refractivity contribution >= 4 is 17.5 Å². The predicted octanol–water partition coefficient (Wildman–Crippen LogP) is 2.96. The van der Waals surface area contributed by atoms with Crippen LogP contribution in [-0.2, 0) is 9.59 Å². The van der Waals surface area contributed by atoms with Gasteiger partial charge in [0.1, 0.15) is 5.82 Å². The van der Waals surface area contributed by atoms with Gasteiger partial charge in [0.25, 0.3) is 0 Å². The maximum atomic E-state index is 13.0. The van der Waals surface area contributed by atoms with Crippen molar-refractivity contribution < 1.29 is 14.0 Å². The van der Waals surface area contributed by atoms with E-state index in [1.54, 1.807) is 12.1 Å². The quantitative estimate of drug-likeness (QED) is 0.681. The van der Waals surface area contributed by atoms with Crippen molar-refractivity contribution in [3.05, 3.63) is 65.5 Å². The van der Waals surface area contributed by atoms with Crippen LogP contribution in [0.4, 0.5) is 10.1 Å². The van der Waals surface area contributed by atoms with E-state index in [0.717, 1.165) is 38.2 Å². The molecule has 0 aromatic heterocycles. The van der Waals surface area contributed by atoms with Gasteiger partial charge in [0.2, 0.25) is 11.8 Å². The molecule has 2 N–H and O–H groups in total. The number of rotatable bonds is 8. The fourth-order valence-electron chi connectivity index (χ4n) is 3.71. The third-order valence-corrected chi connectivity index (χ3v) is 5.55. The standard InChI is InChI=1S/C24H31FN4O2/c1-3-22(19-6-4-18(2)5-7-19)27-24(31)17-29-14-12-28(13-15-29)16-23(30)26-21-10-8-20(25)9-11-21/h4-11,22H,3,12-17H2,1-2H3,(H,26,30)(H,27,31)/t22-/m1/s1. The second kappa shape index (κ2) is 11.0. The van der Waals surface area contributed by atoms with Crippen molar-refractivity contribution in [3.63, 3.8) is 0 Å². The SMILES string of the molecule is CC[C@@H](NC(=O)CN1CCN(CC(=O)Nc2ccc(F)cc2)CC1)c1ccc(C)cc1. The Balaban J connectivity index is 1.39. The van der Waals surface area contributed by atoms with Gasteiger partial charge in [0, 0.05) is 31.9 Å². The van der Waals surface area contributed by atoms with E-state index in [1.165, 1.54) is 17.7 Å². The molecule has 0 bridgehead atoms. The van der Waals surface area contributed by atoms with Crippen LogP contribution in [0.15, 0.2) is 48.5 Å². The summed E-state index contributed by atoms with van der Waals surface area (Å²) in [6, 6.07) is 14.0. The number of halogens is 1. The van der Waals surface area contributed by atoms with Crippen LogP contribution in [-0.4, -0.2) is 60.9 Å². The van der Waals surface area contributed by atoms with Crippen LogP contribution in [0.1, 0.15) is 30.5 Å². The zero-order valence-corrected chi connectivity index (χ0v) is 18.2. The molecule has 6 nitrogen and oxygen atoms in total. The Morgan fingerprint density at radius 2 is 1.45 bits per heavy atom. The van der Waals surface area contributed by atoms with Crippen molar-refractivity contribution in [2.45, 2.75) is 26.3 Å². The molecule has 1 aliphatic heterocycles. The maximum absolute atomic E-state index is 13.0. The lowest BCUT2D eigenvalue weighted by Crippen LogP contribution is -2.51. The number of aryl methyl sites for hydroxylation is 1. The number of benzene rings is 2. The van der Waals surface area contributed by atoms with Gasteiger partial charge in [-0.2, -0.15) is 0 Å². The molecule has 0 radical (unpaired) electrons. The Bertz CT molecular complexity index is 862. The number of nitrogens with one attached hydrogen (secondary N) is 2. The van der Waals surface area contributed by atoms with Gasteiger partial charge in [-0.15, -0.1) is 0 Å². The molecule has 1 fully saturated rings. The Labute approximate surface area is 183 Å². The molecule has 166 valence electrons. The lowest BCUT2D eigenvalue weighted by molar-refractivity contribution is -0.124. The van der Waals surface area contributed by atoms with Gasteiger partial charge in [0.15, 0.2) is 0 Å². The number of carbonyl (C=O) groups is 2. The molecule has 1 aliphatic rings. The molecule has 1 heterocycles. The number of nitrogens with zero attached hydrogens (tertiary/aromatic N) is 2. The normalized spacial score (nSPS) is 16.0. The number of carbonyl (C=O) groups excluding carboxylic acids is 2. The van der Waals surface area contributed by atoms with Crippen LogP contribution < -0.4 is 10.6 Å². The molecule has 1 atom stereocenters. The molecule has 0 aliphatic carbocycles. The van der Waals surface area contributed by atoms with E-state index in [0.29, 0.717) is 12.2 Å². The Kier molecular flexibility index (Phi) is 8.14. The summed E-state index contributed by atoms with van der Waals surface area (Å²) in [5.74, 6) is -0.432. The Morgan fingerprint density at radius 1 is 0.903 bits per heavy atom. The summed E-state index contributed by atoms with van der Waals surface area (Å²) in [7, 11) is 0. The number of amides is 2. The lowest BCUT2D eigenvalue weighted by atomic mass is 10.0. The monoisotopic (exact) mass is 426 g/mol. The minimum Gasteiger partial charge on any atom is -0.348 e. The van der Waals surface area contributed by atoms with E-state index in [4.69, 9.17) is 0 Å². The first-order valence-corrected chi connectivity index (χ1v) is 10.8. The average molecular weight is 427 g/mol. The molecule has 0 spiro atoms. The molecule has 2 aromatic rings. The fourth-order valence-corrected chi connectivity index (χ4v) is 3.71. The Morgan fingerprint density at radius 3 is 2.00 bits per heavy atom. The lowest BCUT2D eigenvalue weighted by Gasteiger charge is -2.34. The first-order valence-electron chi connectivity index (χ1n) is 10.8. The summed E-state index contributed by atoms with van der Waals surface area (Å²) < 4.78 is 13.0. The van der Waals surface area contributed by atoms with E-state index in [9.17, 15) is 14.0 Å². The van der Waals surface area contributed by atoms with Gasteiger partial charge in [-0.1, -0.05) is 36.8 Å². The van der Waals surface area contributed by atoms with Crippen LogP contribution >= 0.6 is 0 Å². The van der Waals surface area contributed by atoms with Crippen LogP contribution in [0.2, 0.25) is 0 Å². The van der Waals surface area contributed by atoms with E-state index in [2.05, 4.69) is 58.5 Å². The third-order valence-electron chi connectivity index (χ3n) is 5.55. The number of anilines is 1. The van der Waals surface area contributed by atoms with Crippen molar-refractivity contribution in [2.75, 3.05) is 44.6 Å². The second-order valence-electron chi connectivity index (χ2n) is 8.05. The molecule has 3 rings (SSSR count). The molecule has 2 amide bonds. The van der Waals surface area contributed by atoms with Crippen LogP contribution in [0, 0.1) is 12.7 Å². The summed E-state index contributed by atoms with van der Waals surface area (Å²) in [6.07, 6.45) is 0.839. The molecular weight excluding hydrogens is 395 g/mol. The summed E-state index contributed by atoms with van der Waals surface area (Å²) in [5, 5.41) is 5.92. The highest BCUT2D eigenvalue weighted by Gasteiger charge is 2.22. The second-order valence-corrected chi connectivity index (χ2v) is 8.05. The predicted molar refractivity (Wildman–Crippen MR) is 120 cm³/mol. The molecule has 7 heteroatoms. The molecule has 0 unspecified atom stereocenters. The highest BCUT2D eigenvalue weighted by atomic mass is 19.1. The first kappa shape index (κ1) is 22.9. The summed E-state index contributed by atoms with van der Waals surface area (Å²) in [4.78, 5) is 28.9. The highest BCUT2D eigenvalue weighted by molar-refractivity contribution is 5.92. The highest BCUT2D eigenvalue weighted by Crippen LogP contribution is 2.17. The van der Waals surface area contributed by atoms with Crippen molar-refractivity contribution in [2.24, 2.45) is 0 Å². The number of piperazine rings is 1. The van der Waals surface area contributed by atoms with Gasteiger partial charge < -0.3 is 10.6 Å². The smallest absolute Gasteiger partial charge is 0.238 e. The maximum Gasteiger partial charge on any atom is 0.238 e. The average Bonchev–Trinajstić information content (AvgIpc) is 2.76. The van der Waals surface area contributed by atoms with Gasteiger partial charge in [0.05, 0.1) is 19.1 Å². The molecule has 31 heavy (non-hydrogen) atoms. The largest absolute Gasteiger partial charge is 0.348 e. The number of hydrogen-bond donors (Lipinski definition) is 2. The van der Waals surface area contributed by atoms with Gasteiger partial charge >= 0.3 is 0 Å². The van der Waals surface area contributed by atoms with Gasteiger partial charge in [-0.05, 0) is 43.2 Å².